The number of aryl methyl sites for hydroxylation is 2. The zero-order valence-electron chi connectivity index (χ0n) is 13.2. The summed E-state index contributed by atoms with van der Waals surface area (Å²) in [5.41, 5.74) is 2.69. The summed E-state index contributed by atoms with van der Waals surface area (Å²) in [7, 11) is 0. The van der Waals surface area contributed by atoms with Crippen molar-refractivity contribution < 1.29 is 4.74 Å². The average Bonchev–Trinajstić information content (AvgIpc) is 3.23. The molecule has 112 valence electrons. The first kappa shape index (κ1) is 15.4. The Labute approximate surface area is 123 Å². The highest BCUT2D eigenvalue weighted by atomic mass is 16.5. The van der Waals surface area contributed by atoms with E-state index in [1.807, 2.05) is 0 Å². The SMILES string of the molecule is CCOc1ccc(C)cc1CCC(C)CCNC1CC1. The zero-order valence-corrected chi connectivity index (χ0v) is 13.2. The van der Waals surface area contributed by atoms with Crippen molar-refractivity contribution in [2.24, 2.45) is 5.92 Å². The summed E-state index contributed by atoms with van der Waals surface area (Å²) in [5.74, 6) is 1.85. The lowest BCUT2D eigenvalue weighted by Crippen LogP contribution is -2.19. The van der Waals surface area contributed by atoms with Crippen molar-refractivity contribution in [3.63, 3.8) is 0 Å². The van der Waals surface area contributed by atoms with Crippen molar-refractivity contribution in [2.75, 3.05) is 13.2 Å². The molecule has 2 heteroatoms. The van der Waals surface area contributed by atoms with Gasteiger partial charge >= 0.3 is 0 Å². The number of nitrogens with one attached hydrogen (secondary N) is 1. The first-order valence-corrected chi connectivity index (χ1v) is 8.14. The fourth-order valence-electron chi connectivity index (χ4n) is 2.57. The summed E-state index contributed by atoms with van der Waals surface area (Å²) in [5, 5.41) is 3.60. The Balaban J connectivity index is 1.77. The molecule has 1 aromatic carbocycles. The molecule has 1 fully saturated rings. The highest BCUT2D eigenvalue weighted by Crippen LogP contribution is 2.24. The monoisotopic (exact) mass is 275 g/mol. The summed E-state index contributed by atoms with van der Waals surface area (Å²) >= 11 is 0. The Bertz CT molecular complexity index is 412. The molecule has 1 aliphatic carbocycles. The summed E-state index contributed by atoms with van der Waals surface area (Å²) in [6, 6.07) is 7.37. The molecular weight excluding hydrogens is 246 g/mol. The third-order valence-electron chi connectivity index (χ3n) is 4.07. The van der Waals surface area contributed by atoms with E-state index in [2.05, 4.69) is 44.3 Å². The third kappa shape index (κ3) is 5.16. The second kappa shape index (κ2) is 7.68. The Morgan fingerprint density at radius 2 is 2.10 bits per heavy atom. The van der Waals surface area contributed by atoms with Crippen LogP contribution in [-0.2, 0) is 6.42 Å². The lowest BCUT2D eigenvalue weighted by Gasteiger charge is -2.15. The maximum absolute atomic E-state index is 5.73. The molecule has 0 bridgehead atoms. The minimum absolute atomic E-state index is 0.747. The number of hydrogen-bond donors (Lipinski definition) is 1. The summed E-state index contributed by atoms with van der Waals surface area (Å²) in [4.78, 5) is 0. The molecule has 0 heterocycles. The van der Waals surface area contributed by atoms with Crippen LogP contribution >= 0.6 is 0 Å². The Hall–Kier alpha value is -1.02. The van der Waals surface area contributed by atoms with Gasteiger partial charge < -0.3 is 10.1 Å². The fourth-order valence-corrected chi connectivity index (χ4v) is 2.57. The van der Waals surface area contributed by atoms with E-state index in [4.69, 9.17) is 4.74 Å². The van der Waals surface area contributed by atoms with E-state index >= 15 is 0 Å². The molecule has 1 aromatic rings. The lowest BCUT2D eigenvalue weighted by molar-refractivity contribution is 0.335. The molecule has 1 N–H and O–H groups in total. The van der Waals surface area contributed by atoms with Crippen LogP contribution in [0, 0.1) is 12.8 Å². The maximum Gasteiger partial charge on any atom is 0.122 e. The second-order valence-corrected chi connectivity index (χ2v) is 6.21. The van der Waals surface area contributed by atoms with Gasteiger partial charge in [-0.15, -0.1) is 0 Å². The first-order valence-electron chi connectivity index (χ1n) is 8.14. The average molecular weight is 275 g/mol. The van der Waals surface area contributed by atoms with Crippen LogP contribution < -0.4 is 10.1 Å². The molecule has 0 aliphatic heterocycles. The molecular formula is C18H29NO. The maximum atomic E-state index is 5.73. The molecule has 1 saturated carbocycles. The van der Waals surface area contributed by atoms with Crippen molar-refractivity contribution in [1.29, 1.82) is 0 Å². The van der Waals surface area contributed by atoms with Crippen LogP contribution in [0.5, 0.6) is 5.75 Å². The minimum atomic E-state index is 0.747. The molecule has 0 amide bonds. The highest BCUT2D eigenvalue weighted by molar-refractivity contribution is 5.37. The molecule has 0 radical (unpaired) electrons. The molecule has 0 spiro atoms. The fraction of sp³-hybridized carbons (Fsp3) is 0.667. The third-order valence-corrected chi connectivity index (χ3v) is 4.07. The lowest BCUT2D eigenvalue weighted by atomic mass is 9.97. The van der Waals surface area contributed by atoms with Crippen molar-refractivity contribution in [3.8, 4) is 5.75 Å². The normalized spacial score (nSPS) is 16.1. The number of rotatable bonds is 9. The molecule has 1 aliphatic rings. The van der Waals surface area contributed by atoms with Gasteiger partial charge in [0.05, 0.1) is 6.61 Å². The van der Waals surface area contributed by atoms with E-state index in [0.29, 0.717) is 0 Å². The quantitative estimate of drug-likeness (QED) is 0.732. The summed E-state index contributed by atoms with van der Waals surface area (Å²) < 4.78 is 5.73. The van der Waals surface area contributed by atoms with Crippen LogP contribution in [-0.4, -0.2) is 19.2 Å². The van der Waals surface area contributed by atoms with Gasteiger partial charge in [-0.3, -0.25) is 0 Å². The van der Waals surface area contributed by atoms with Gasteiger partial charge in [-0.1, -0.05) is 24.6 Å². The molecule has 1 atom stereocenters. The van der Waals surface area contributed by atoms with E-state index in [1.54, 1.807) is 0 Å². The van der Waals surface area contributed by atoms with E-state index in [1.165, 1.54) is 43.4 Å². The Morgan fingerprint density at radius 3 is 2.80 bits per heavy atom. The number of hydrogen-bond acceptors (Lipinski definition) is 2. The number of ether oxygens (including phenoxy) is 1. The number of benzene rings is 1. The van der Waals surface area contributed by atoms with Crippen LogP contribution in [0.15, 0.2) is 18.2 Å². The first-order chi connectivity index (χ1) is 9.69. The standard InChI is InChI=1S/C18H29NO/c1-4-20-18-10-6-15(3)13-16(18)7-5-14(2)11-12-19-17-8-9-17/h6,10,13-14,17,19H,4-5,7-9,11-12H2,1-3H3. The Morgan fingerprint density at radius 1 is 1.30 bits per heavy atom. The topological polar surface area (TPSA) is 21.3 Å². The minimum Gasteiger partial charge on any atom is -0.494 e. The Kier molecular flexibility index (Phi) is 5.90. The van der Waals surface area contributed by atoms with Gasteiger partial charge in [0.15, 0.2) is 0 Å². The molecule has 2 nitrogen and oxygen atoms in total. The molecule has 20 heavy (non-hydrogen) atoms. The van der Waals surface area contributed by atoms with Gasteiger partial charge in [-0.05, 0) is 70.0 Å². The van der Waals surface area contributed by atoms with Crippen LogP contribution in [0.1, 0.15) is 50.7 Å². The van der Waals surface area contributed by atoms with Gasteiger partial charge in [-0.2, -0.15) is 0 Å². The van der Waals surface area contributed by atoms with Gasteiger partial charge in [0, 0.05) is 6.04 Å². The molecule has 1 unspecified atom stereocenters. The van der Waals surface area contributed by atoms with Crippen molar-refractivity contribution in [1.82, 2.24) is 5.32 Å². The molecule has 2 rings (SSSR count). The predicted octanol–water partition coefficient (Wildman–Crippen LogP) is 4.10. The molecule has 0 aromatic heterocycles. The van der Waals surface area contributed by atoms with Crippen molar-refractivity contribution in [3.05, 3.63) is 29.3 Å². The van der Waals surface area contributed by atoms with E-state index in [0.717, 1.165) is 30.7 Å². The van der Waals surface area contributed by atoms with E-state index < -0.39 is 0 Å². The van der Waals surface area contributed by atoms with Crippen LogP contribution in [0.3, 0.4) is 0 Å². The van der Waals surface area contributed by atoms with Crippen LogP contribution in [0.2, 0.25) is 0 Å². The largest absolute Gasteiger partial charge is 0.494 e. The van der Waals surface area contributed by atoms with E-state index in [9.17, 15) is 0 Å². The van der Waals surface area contributed by atoms with Gasteiger partial charge in [0.25, 0.3) is 0 Å². The second-order valence-electron chi connectivity index (χ2n) is 6.21. The smallest absolute Gasteiger partial charge is 0.122 e. The predicted molar refractivity (Wildman–Crippen MR) is 85.5 cm³/mol. The van der Waals surface area contributed by atoms with Gasteiger partial charge in [-0.25, -0.2) is 0 Å². The summed E-state index contributed by atoms with van der Waals surface area (Å²) in [6.45, 7) is 8.50. The van der Waals surface area contributed by atoms with E-state index in [-0.39, 0.29) is 0 Å². The van der Waals surface area contributed by atoms with Gasteiger partial charge in [0.2, 0.25) is 0 Å². The summed E-state index contributed by atoms with van der Waals surface area (Å²) in [6.07, 6.45) is 6.43. The molecule has 0 saturated heterocycles. The van der Waals surface area contributed by atoms with Gasteiger partial charge in [0.1, 0.15) is 5.75 Å². The highest BCUT2D eigenvalue weighted by Gasteiger charge is 2.19. The van der Waals surface area contributed by atoms with Crippen molar-refractivity contribution >= 4 is 0 Å². The van der Waals surface area contributed by atoms with Crippen LogP contribution in [0.4, 0.5) is 0 Å². The van der Waals surface area contributed by atoms with Crippen LogP contribution in [0.25, 0.3) is 0 Å². The zero-order chi connectivity index (χ0) is 14.4. The van der Waals surface area contributed by atoms with Crippen molar-refractivity contribution in [2.45, 2.75) is 58.9 Å².